The summed E-state index contributed by atoms with van der Waals surface area (Å²) in [4.78, 5) is 13.3. The van der Waals surface area contributed by atoms with Crippen LogP contribution in [0, 0.1) is 0 Å². The van der Waals surface area contributed by atoms with Crippen LogP contribution in [0.2, 0.25) is 0 Å². The van der Waals surface area contributed by atoms with Gasteiger partial charge in [0, 0.05) is 6.42 Å². The molecule has 0 saturated carbocycles. The van der Waals surface area contributed by atoms with Gasteiger partial charge >= 0.3 is 0 Å². The maximum atomic E-state index is 13.3. The van der Waals surface area contributed by atoms with Gasteiger partial charge in [0.25, 0.3) is 0 Å². The molecule has 9 N–H and O–H groups in total. The SMILES string of the molecule is CCCCCCC/C=C\C/C=C\C/C=C\CCCCCCCCCCCCCCC(=O)NC(COC1OC(CO)C(OC2OC(CO)C(O)C(O)C2O)C(O)C1O)C(O)CCCCCCCCCCCCCCCCCCCCC. The monoisotopic (exact) mass is 1140 g/mol. The van der Waals surface area contributed by atoms with Gasteiger partial charge in [-0.05, 0) is 51.4 Å². The Bertz CT molecular complexity index is 1480. The third-order valence-corrected chi connectivity index (χ3v) is 16.4. The topological polar surface area (TPSA) is 228 Å². The van der Waals surface area contributed by atoms with Crippen molar-refractivity contribution in [2.45, 2.75) is 357 Å². The lowest BCUT2D eigenvalue weighted by atomic mass is 9.97. The Hall–Kier alpha value is -1.79. The summed E-state index contributed by atoms with van der Waals surface area (Å²) in [5.74, 6) is -0.206. The minimum atomic E-state index is -1.78. The zero-order valence-electron chi connectivity index (χ0n) is 50.8. The summed E-state index contributed by atoms with van der Waals surface area (Å²) >= 11 is 0. The van der Waals surface area contributed by atoms with E-state index < -0.39 is 86.8 Å². The molecule has 80 heavy (non-hydrogen) atoms. The summed E-state index contributed by atoms with van der Waals surface area (Å²) in [6, 6.07) is -0.830. The summed E-state index contributed by atoms with van der Waals surface area (Å²) in [6.45, 7) is 2.88. The largest absolute Gasteiger partial charge is 0.394 e. The lowest BCUT2D eigenvalue weighted by Crippen LogP contribution is -2.65. The Morgan fingerprint density at radius 1 is 0.450 bits per heavy atom. The van der Waals surface area contributed by atoms with Crippen molar-refractivity contribution >= 4 is 5.91 Å². The summed E-state index contributed by atoms with van der Waals surface area (Å²) in [5, 5.41) is 87.5. The van der Waals surface area contributed by atoms with Crippen LogP contribution < -0.4 is 5.32 Å². The summed E-state index contributed by atoms with van der Waals surface area (Å²) in [5.41, 5.74) is 0. The molecule has 2 aliphatic heterocycles. The lowest BCUT2D eigenvalue weighted by molar-refractivity contribution is -0.359. The van der Waals surface area contributed by atoms with E-state index in [1.807, 2.05) is 0 Å². The molecule has 2 heterocycles. The molecule has 2 saturated heterocycles. The smallest absolute Gasteiger partial charge is 0.220 e. The lowest BCUT2D eigenvalue weighted by Gasteiger charge is -2.46. The van der Waals surface area contributed by atoms with Crippen molar-refractivity contribution in [1.29, 1.82) is 0 Å². The van der Waals surface area contributed by atoms with Gasteiger partial charge < -0.3 is 65.1 Å². The van der Waals surface area contributed by atoms with Crippen LogP contribution in [-0.2, 0) is 23.7 Å². The van der Waals surface area contributed by atoms with E-state index in [9.17, 15) is 45.6 Å². The highest BCUT2D eigenvalue weighted by molar-refractivity contribution is 5.76. The first-order chi connectivity index (χ1) is 39.1. The number of carbonyl (C=O) groups excluding carboxylic acids is 1. The molecule has 470 valence electrons. The van der Waals surface area contributed by atoms with Gasteiger partial charge in [0.2, 0.25) is 5.91 Å². The molecule has 14 nitrogen and oxygen atoms in total. The molecule has 1 amide bonds. The van der Waals surface area contributed by atoms with Crippen molar-refractivity contribution in [2.75, 3.05) is 19.8 Å². The molecular formula is C66H123NO13. The van der Waals surface area contributed by atoms with Crippen molar-refractivity contribution < 1.29 is 64.6 Å². The van der Waals surface area contributed by atoms with Crippen LogP contribution in [0.3, 0.4) is 0 Å². The maximum Gasteiger partial charge on any atom is 0.220 e. The number of nitrogens with one attached hydrogen (secondary N) is 1. The minimum Gasteiger partial charge on any atom is -0.394 e. The van der Waals surface area contributed by atoms with Gasteiger partial charge in [-0.15, -0.1) is 0 Å². The van der Waals surface area contributed by atoms with Gasteiger partial charge in [-0.25, -0.2) is 0 Å². The van der Waals surface area contributed by atoms with E-state index in [-0.39, 0.29) is 12.5 Å². The van der Waals surface area contributed by atoms with Crippen LogP contribution in [0.15, 0.2) is 36.5 Å². The number of aliphatic hydroxyl groups excluding tert-OH is 8. The van der Waals surface area contributed by atoms with Gasteiger partial charge in [-0.2, -0.15) is 0 Å². The average Bonchev–Trinajstić information content (AvgIpc) is 3.49. The molecular weight excluding hydrogens is 1010 g/mol. The second kappa shape index (κ2) is 51.6. The van der Waals surface area contributed by atoms with Gasteiger partial charge in [-0.3, -0.25) is 4.79 Å². The Kier molecular flexibility index (Phi) is 47.9. The van der Waals surface area contributed by atoms with E-state index >= 15 is 0 Å². The van der Waals surface area contributed by atoms with E-state index in [4.69, 9.17) is 18.9 Å². The fraction of sp³-hybridized carbons (Fsp3) is 0.894. The third-order valence-electron chi connectivity index (χ3n) is 16.4. The molecule has 14 heteroatoms. The molecule has 0 radical (unpaired) electrons. The van der Waals surface area contributed by atoms with Crippen molar-refractivity contribution in [3.05, 3.63) is 36.5 Å². The Morgan fingerprint density at radius 2 is 0.825 bits per heavy atom. The van der Waals surface area contributed by atoms with Crippen LogP contribution in [-0.4, -0.2) is 140 Å². The second-order valence-corrected chi connectivity index (χ2v) is 23.6. The molecule has 2 aliphatic rings. The molecule has 0 aromatic carbocycles. The third kappa shape index (κ3) is 36.1. The van der Waals surface area contributed by atoms with Crippen LogP contribution in [0.25, 0.3) is 0 Å². The molecule has 0 bridgehead atoms. The summed E-state index contributed by atoms with van der Waals surface area (Å²) in [6.07, 6.45) is 47.1. The van der Waals surface area contributed by atoms with E-state index in [1.165, 1.54) is 193 Å². The number of unbranched alkanes of at least 4 members (excludes halogenated alkanes) is 35. The van der Waals surface area contributed by atoms with Crippen LogP contribution in [0.4, 0.5) is 0 Å². The predicted molar refractivity (Wildman–Crippen MR) is 323 cm³/mol. The molecule has 0 spiro atoms. The number of allylic oxidation sites excluding steroid dienone is 6. The van der Waals surface area contributed by atoms with E-state index in [1.54, 1.807) is 0 Å². The normalized spacial score (nSPS) is 24.4. The number of ether oxygens (including phenoxy) is 4. The Labute approximate surface area is 487 Å². The number of hydrogen-bond acceptors (Lipinski definition) is 13. The van der Waals surface area contributed by atoms with Crippen molar-refractivity contribution in [1.82, 2.24) is 5.32 Å². The van der Waals surface area contributed by atoms with Crippen LogP contribution >= 0.6 is 0 Å². The first kappa shape index (κ1) is 74.3. The van der Waals surface area contributed by atoms with Gasteiger partial charge in [0.15, 0.2) is 12.6 Å². The van der Waals surface area contributed by atoms with Gasteiger partial charge in [0.05, 0.1) is 32.0 Å². The number of carbonyl (C=O) groups is 1. The highest BCUT2D eigenvalue weighted by Gasteiger charge is 2.51. The second-order valence-electron chi connectivity index (χ2n) is 23.6. The van der Waals surface area contributed by atoms with Crippen LogP contribution in [0.1, 0.15) is 284 Å². The van der Waals surface area contributed by atoms with Crippen molar-refractivity contribution in [2.24, 2.45) is 0 Å². The molecule has 2 fully saturated rings. The summed E-state index contributed by atoms with van der Waals surface area (Å²) < 4.78 is 22.9. The molecule has 12 unspecified atom stereocenters. The first-order valence-corrected chi connectivity index (χ1v) is 33.2. The fourth-order valence-electron chi connectivity index (χ4n) is 11.0. The molecule has 0 aliphatic carbocycles. The van der Waals surface area contributed by atoms with E-state index in [0.717, 1.165) is 64.2 Å². The van der Waals surface area contributed by atoms with Gasteiger partial charge in [0.1, 0.15) is 48.8 Å². The highest BCUT2D eigenvalue weighted by Crippen LogP contribution is 2.30. The highest BCUT2D eigenvalue weighted by atomic mass is 16.7. The molecule has 2 rings (SSSR count). The predicted octanol–water partition coefficient (Wildman–Crippen LogP) is 12.6. The first-order valence-electron chi connectivity index (χ1n) is 33.2. The quantitative estimate of drug-likeness (QED) is 0.0204. The zero-order valence-corrected chi connectivity index (χ0v) is 50.8. The minimum absolute atomic E-state index is 0.206. The average molecular weight is 1140 g/mol. The van der Waals surface area contributed by atoms with Crippen molar-refractivity contribution in [3.8, 4) is 0 Å². The van der Waals surface area contributed by atoms with Crippen LogP contribution in [0.5, 0.6) is 0 Å². The summed E-state index contributed by atoms with van der Waals surface area (Å²) in [7, 11) is 0. The number of aliphatic hydroxyl groups is 8. The Balaban J connectivity index is 1.69. The fourth-order valence-corrected chi connectivity index (χ4v) is 11.0. The van der Waals surface area contributed by atoms with Crippen molar-refractivity contribution in [3.63, 3.8) is 0 Å². The number of hydrogen-bond donors (Lipinski definition) is 9. The number of rotatable bonds is 54. The molecule has 0 aromatic heterocycles. The maximum absolute atomic E-state index is 13.3. The van der Waals surface area contributed by atoms with E-state index in [0.29, 0.717) is 12.8 Å². The van der Waals surface area contributed by atoms with E-state index in [2.05, 4.69) is 55.6 Å². The Morgan fingerprint density at radius 3 is 1.26 bits per heavy atom. The zero-order chi connectivity index (χ0) is 58.1. The standard InChI is InChI=1S/C66H123NO13/c1-3-5-7-9-11-13-15-17-19-21-23-24-25-26-27-28-29-30-32-34-36-38-40-42-44-46-48-50-58(71)67-54(55(70)49-47-45-43-41-39-37-35-33-31-22-20-18-16-14-12-10-8-6-4-2)53-77-65-63(76)61(74)64(57(52-69)79-65)80-66-62(75)60(73)59(72)56(51-68)78-66/h15,17,21,23,25-26,54-57,59-66,68-70,72-76H,3-14,16,18-20,22,24,27-53H2,1-2H3,(H,67,71)/b17-15-,23-21-,26-25-. The molecule has 12 atom stereocenters. The number of amides is 1. The molecule has 0 aromatic rings. The van der Waals surface area contributed by atoms with Gasteiger partial charge in [-0.1, -0.05) is 262 Å².